The fraction of sp³-hybridized carbons (Fsp3) is 0.708. The van der Waals surface area contributed by atoms with Gasteiger partial charge in [0.15, 0.2) is 0 Å². The molecule has 0 saturated heterocycles. The summed E-state index contributed by atoms with van der Waals surface area (Å²) in [5.41, 5.74) is 0. The van der Waals surface area contributed by atoms with Gasteiger partial charge in [0.2, 0.25) is 0 Å². The van der Waals surface area contributed by atoms with E-state index in [1.165, 1.54) is 50.3 Å². The molecule has 0 bridgehead atoms. The van der Waals surface area contributed by atoms with E-state index in [1.54, 1.807) is 11.3 Å². The summed E-state index contributed by atoms with van der Waals surface area (Å²) >= 11 is 1.71. The van der Waals surface area contributed by atoms with Crippen molar-refractivity contribution in [3.63, 3.8) is 0 Å². The number of carbonyl (C=O) groups is 1. The Kier molecular flexibility index (Phi) is 11.3. The molecule has 6 heteroatoms. The maximum atomic E-state index is 11.8. The Morgan fingerprint density at radius 3 is 2.43 bits per heavy atom. The molecule has 5 nitrogen and oxygen atoms in total. The zero-order valence-electron chi connectivity index (χ0n) is 19.2. The topological polar surface area (TPSA) is 42.0 Å². The highest BCUT2D eigenvalue weighted by atomic mass is 32.1. The van der Waals surface area contributed by atoms with E-state index in [-0.39, 0.29) is 24.5 Å². The molecule has 1 aliphatic heterocycles. The highest BCUT2D eigenvalue weighted by Crippen LogP contribution is 2.29. The third kappa shape index (κ3) is 8.31. The highest BCUT2D eigenvalue weighted by Gasteiger charge is 2.31. The number of thiophene rings is 1. The predicted octanol–water partition coefficient (Wildman–Crippen LogP) is 6.29. The van der Waals surface area contributed by atoms with E-state index in [0.29, 0.717) is 6.54 Å². The second kappa shape index (κ2) is 13.7. The van der Waals surface area contributed by atoms with Crippen molar-refractivity contribution in [1.29, 1.82) is 0 Å². The highest BCUT2D eigenvalue weighted by molar-refractivity contribution is 7.10. The molecule has 2 rings (SSSR count). The standard InChI is InChI=1S/C24H40N2O3S/c1-5-7-8-9-10-11-12-15-25-16-17-26(24(25)29-21(4)27)19-22(28-20(3)6-2)23-14-13-18-30-23/h13-14,16-18,20,22,24H,5-12,15,19H2,1-4H3. The van der Waals surface area contributed by atoms with Crippen LogP contribution in [-0.2, 0) is 14.3 Å². The van der Waals surface area contributed by atoms with Crippen LogP contribution in [0.3, 0.4) is 0 Å². The number of hydrogen-bond acceptors (Lipinski definition) is 6. The van der Waals surface area contributed by atoms with Gasteiger partial charge in [-0.05, 0) is 31.2 Å². The Labute approximate surface area is 187 Å². The van der Waals surface area contributed by atoms with Crippen molar-refractivity contribution in [3.8, 4) is 0 Å². The quantitative estimate of drug-likeness (QED) is 0.239. The van der Waals surface area contributed by atoms with E-state index in [2.05, 4.69) is 54.3 Å². The van der Waals surface area contributed by atoms with Crippen LogP contribution in [0.2, 0.25) is 0 Å². The summed E-state index contributed by atoms with van der Waals surface area (Å²) in [6.45, 7) is 9.53. The van der Waals surface area contributed by atoms with Crippen molar-refractivity contribution >= 4 is 17.3 Å². The van der Waals surface area contributed by atoms with Crippen molar-refractivity contribution in [2.75, 3.05) is 13.1 Å². The van der Waals surface area contributed by atoms with Gasteiger partial charge in [-0.25, -0.2) is 0 Å². The van der Waals surface area contributed by atoms with Crippen molar-refractivity contribution in [2.24, 2.45) is 0 Å². The molecular weight excluding hydrogens is 396 g/mol. The number of nitrogens with zero attached hydrogens (tertiary/aromatic N) is 2. The third-order valence-corrected chi connectivity index (χ3v) is 6.48. The predicted molar refractivity (Wildman–Crippen MR) is 124 cm³/mol. The minimum absolute atomic E-state index is 0.0406. The molecule has 0 amide bonds. The molecule has 0 saturated carbocycles. The van der Waals surface area contributed by atoms with Gasteiger partial charge in [0.25, 0.3) is 6.35 Å². The zero-order valence-corrected chi connectivity index (χ0v) is 20.0. The second-order valence-electron chi connectivity index (χ2n) is 8.15. The Morgan fingerprint density at radius 2 is 1.80 bits per heavy atom. The molecule has 1 aromatic rings. The van der Waals surface area contributed by atoms with Crippen LogP contribution in [0.1, 0.15) is 90.0 Å². The van der Waals surface area contributed by atoms with Gasteiger partial charge in [-0.1, -0.05) is 58.4 Å². The first kappa shape index (κ1) is 24.7. The molecule has 170 valence electrons. The van der Waals surface area contributed by atoms with Crippen LogP contribution in [0.15, 0.2) is 29.9 Å². The summed E-state index contributed by atoms with van der Waals surface area (Å²) in [6, 6.07) is 4.18. The fourth-order valence-electron chi connectivity index (χ4n) is 3.62. The Morgan fingerprint density at radius 1 is 1.10 bits per heavy atom. The molecule has 2 heterocycles. The van der Waals surface area contributed by atoms with Gasteiger partial charge >= 0.3 is 5.97 Å². The molecule has 0 fully saturated rings. The minimum atomic E-state index is -0.384. The Balaban J connectivity index is 1.92. The van der Waals surface area contributed by atoms with Crippen LogP contribution in [0.5, 0.6) is 0 Å². The molecule has 30 heavy (non-hydrogen) atoms. The minimum Gasteiger partial charge on any atom is -0.423 e. The second-order valence-corrected chi connectivity index (χ2v) is 9.13. The number of ether oxygens (including phenoxy) is 2. The van der Waals surface area contributed by atoms with Crippen LogP contribution in [0.4, 0.5) is 0 Å². The fourth-order valence-corrected chi connectivity index (χ4v) is 4.38. The smallest absolute Gasteiger partial charge is 0.305 e. The van der Waals surface area contributed by atoms with Crippen molar-refractivity contribution in [2.45, 2.75) is 97.6 Å². The van der Waals surface area contributed by atoms with Crippen LogP contribution in [-0.4, -0.2) is 41.3 Å². The molecule has 1 aromatic heterocycles. The van der Waals surface area contributed by atoms with Gasteiger partial charge in [0.05, 0.1) is 12.6 Å². The molecule has 0 spiro atoms. The summed E-state index contributed by atoms with van der Waals surface area (Å²) in [6.07, 6.45) is 13.7. The van der Waals surface area contributed by atoms with Crippen LogP contribution < -0.4 is 0 Å². The summed E-state index contributed by atoms with van der Waals surface area (Å²) in [5, 5.41) is 2.08. The lowest BCUT2D eigenvalue weighted by Gasteiger charge is -2.34. The molecule has 3 atom stereocenters. The first-order chi connectivity index (χ1) is 14.5. The Bertz CT molecular complexity index is 620. The lowest BCUT2D eigenvalue weighted by Crippen LogP contribution is -2.44. The van der Waals surface area contributed by atoms with Crippen LogP contribution in [0.25, 0.3) is 0 Å². The average molecular weight is 437 g/mol. The van der Waals surface area contributed by atoms with E-state index in [9.17, 15) is 4.79 Å². The average Bonchev–Trinajstić information content (AvgIpc) is 3.38. The maximum absolute atomic E-state index is 11.8. The number of unbranched alkanes of at least 4 members (excludes halogenated alkanes) is 6. The maximum Gasteiger partial charge on any atom is 0.305 e. The lowest BCUT2D eigenvalue weighted by atomic mass is 10.1. The van der Waals surface area contributed by atoms with Crippen molar-refractivity contribution in [3.05, 3.63) is 34.8 Å². The molecule has 0 radical (unpaired) electrons. The van der Waals surface area contributed by atoms with E-state index < -0.39 is 0 Å². The summed E-state index contributed by atoms with van der Waals surface area (Å²) in [4.78, 5) is 17.2. The molecule has 0 N–H and O–H groups in total. The van der Waals surface area contributed by atoms with E-state index in [1.807, 2.05) is 6.20 Å². The van der Waals surface area contributed by atoms with E-state index in [4.69, 9.17) is 9.47 Å². The first-order valence-corrected chi connectivity index (χ1v) is 12.5. The molecule has 0 aliphatic carbocycles. The number of hydrogen-bond donors (Lipinski definition) is 0. The van der Waals surface area contributed by atoms with Crippen LogP contribution >= 0.6 is 11.3 Å². The lowest BCUT2D eigenvalue weighted by molar-refractivity contribution is -0.168. The zero-order chi connectivity index (χ0) is 21.8. The first-order valence-electron chi connectivity index (χ1n) is 11.6. The van der Waals surface area contributed by atoms with Gasteiger partial charge in [-0.2, -0.15) is 0 Å². The molecule has 0 aromatic carbocycles. The van der Waals surface area contributed by atoms with Gasteiger partial charge in [0, 0.05) is 30.7 Å². The van der Waals surface area contributed by atoms with Gasteiger partial charge < -0.3 is 19.3 Å². The summed E-state index contributed by atoms with van der Waals surface area (Å²) in [7, 11) is 0. The van der Waals surface area contributed by atoms with Gasteiger partial charge in [0.1, 0.15) is 6.10 Å². The Hall–Kier alpha value is -1.53. The molecular formula is C24H40N2O3S. The monoisotopic (exact) mass is 436 g/mol. The summed E-state index contributed by atoms with van der Waals surface area (Å²) < 4.78 is 12.0. The molecule has 1 aliphatic rings. The number of carbonyl (C=O) groups excluding carboxylic acids is 1. The SMILES string of the molecule is CCCCCCCCCN1C=CN(CC(OC(C)CC)c2cccs2)C1OC(C)=O. The molecule has 3 unspecified atom stereocenters. The summed E-state index contributed by atoms with van der Waals surface area (Å²) in [5.74, 6) is -0.256. The van der Waals surface area contributed by atoms with Crippen molar-refractivity contribution in [1.82, 2.24) is 9.80 Å². The van der Waals surface area contributed by atoms with Gasteiger partial charge in [-0.15, -0.1) is 11.3 Å². The number of esters is 1. The largest absolute Gasteiger partial charge is 0.423 e. The van der Waals surface area contributed by atoms with Crippen molar-refractivity contribution < 1.29 is 14.3 Å². The third-order valence-electron chi connectivity index (χ3n) is 5.52. The van der Waals surface area contributed by atoms with E-state index >= 15 is 0 Å². The van der Waals surface area contributed by atoms with Crippen LogP contribution in [0, 0.1) is 0 Å². The van der Waals surface area contributed by atoms with E-state index in [0.717, 1.165) is 19.4 Å². The normalized spacial score (nSPS) is 18.1. The van der Waals surface area contributed by atoms with Gasteiger partial charge in [-0.3, -0.25) is 4.79 Å². The number of rotatable bonds is 15.